The monoisotopic (exact) mass is 1180 g/mol. The highest BCUT2D eigenvalue weighted by Gasteiger charge is 2.44. The van der Waals surface area contributed by atoms with Gasteiger partial charge in [-0.15, -0.1) is 0 Å². The highest BCUT2D eigenvalue weighted by molar-refractivity contribution is 7.00. The summed E-state index contributed by atoms with van der Waals surface area (Å²) in [5, 5.41) is 2.36. The third-order valence-corrected chi connectivity index (χ3v) is 18.4. The Kier molecular flexibility index (Phi) is 13.1. The van der Waals surface area contributed by atoms with E-state index in [1.54, 1.807) is 0 Å². The van der Waals surface area contributed by atoms with Gasteiger partial charge in [0.25, 0.3) is 6.71 Å². The van der Waals surface area contributed by atoms with Crippen molar-refractivity contribution < 1.29 is 0 Å². The van der Waals surface area contributed by atoms with Crippen LogP contribution in [-0.4, -0.2) is 31.2 Å². The van der Waals surface area contributed by atoms with Crippen molar-refractivity contribution in [1.29, 1.82) is 0 Å². The average Bonchev–Trinajstić information content (AvgIpc) is 0.822. The van der Waals surface area contributed by atoms with Crippen LogP contribution in [0.1, 0.15) is 26.3 Å². The highest BCUT2D eigenvalue weighted by Crippen LogP contribution is 2.49. The molecular formula is C84H60BN7. The molecule has 0 unspecified atom stereocenters. The fourth-order valence-corrected chi connectivity index (χ4v) is 14.0. The first-order chi connectivity index (χ1) is 45.3. The SMILES string of the molecule is CC(C)(C)c1ccc2c(c1)c1ccccc1n2-c1ccc(-c2nc(-c3ccccc3)cc(-c3ccccc3)n2)cc1-c1nc(-c2ccccc2)cc(-c2cccc(-c3ccc4c5c3N(c3ccccc3)c3ccccc3B5c3ccccc3N4c3ccccc3)c2)n1. The molecule has 8 heteroatoms. The summed E-state index contributed by atoms with van der Waals surface area (Å²) in [6.45, 7) is 6.80. The first-order valence-corrected chi connectivity index (χ1v) is 31.6. The zero-order chi connectivity index (χ0) is 61.4. The van der Waals surface area contributed by atoms with E-state index in [0.717, 1.165) is 112 Å². The van der Waals surface area contributed by atoms with E-state index < -0.39 is 0 Å². The Morgan fingerprint density at radius 2 is 0.783 bits per heavy atom. The van der Waals surface area contributed by atoms with Crippen LogP contribution in [0.3, 0.4) is 0 Å². The molecule has 0 saturated heterocycles. The summed E-state index contributed by atoms with van der Waals surface area (Å²) in [5.41, 5.74) is 26.0. The van der Waals surface area contributed by atoms with E-state index >= 15 is 0 Å². The van der Waals surface area contributed by atoms with E-state index in [9.17, 15) is 0 Å². The molecule has 0 amide bonds. The number of fused-ring (bicyclic) bond motifs is 7. The van der Waals surface area contributed by atoms with Crippen LogP contribution >= 0.6 is 0 Å². The minimum atomic E-state index is -0.0571. The molecule has 0 N–H and O–H groups in total. The summed E-state index contributed by atoms with van der Waals surface area (Å²) in [7, 11) is 0. The van der Waals surface area contributed by atoms with Crippen LogP contribution in [0, 0.1) is 0 Å². The number of hydrogen-bond donors (Lipinski definition) is 0. The fraction of sp³-hybridized carbons (Fsp3) is 0.0476. The van der Waals surface area contributed by atoms with Gasteiger partial charge in [0.1, 0.15) is 0 Å². The molecule has 0 bridgehead atoms. The van der Waals surface area contributed by atoms with Gasteiger partial charge in [0.2, 0.25) is 0 Å². The molecule has 0 radical (unpaired) electrons. The van der Waals surface area contributed by atoms with Gasteiger partial charge in [-0.3, -0.25) is 0 Å². The molecule has 15 aromatic rings. The Morgan fingerprint density at radius 1 is 0.304 bits per heavy atom. The van der Waals surface area contributed by atoms with Gasteiger partial charge in [0, 0.05) is 78.2 Å². The number of hydrogen-bond acceptors (Lipinski definition) is 6. The smallest absolute Gasteiger partial charge is 0.252 e. The van der Waals surface area contributed by atoms with Gasteiger partial charge in [-0.25, -0.2) is 19.9 Å². The summed E-state index contributed by atoms with van der Waals surface area (Å²) < 4.78 is 2.40. The van der Waals surface area contributed by atoms with E-state index in [4.69, 9.17) is 19.9 Å². The Hall–Kier alpha value is -11.7. The lowest BCUT2D eigenvalue weighted by Gasteiger charge is -2.45. The van der Waals surface area contributed by atoms with E-state index in [-0.39, 0.29) is 12.1 Å². The van der Waals surface area contributed by atoms with Crippen molar-refractivity contribution in [1.82, 2.24) is 24.5 Å². The minimum absolute atomic E-state index is 0.0375. The molecule has 17 rings (SSSR count). The topological polar surface area (TPSA) is 63.0 Å². The quantitative estimate of drug-likeness (QED) is 0.127. The molecule has 2 aliphatic heterocycles. The molecule has 0 atom stereocenters. The van der Waals surface area contributed by atoms with E-state index in [2.05, 4.69) is 332 Å². The van der Waals surface area contributed by atoms with Crippen LogP contribution in [0.15, 0.2) is 309 Å². The molecule has 0 spiro atoms. The summed E-state index contributed by atoms with van der Waals surface area (Å²) in [6.07, 6.45) is 0. The first-order valence-electron chi connectivity index (χ1n) is 31.6. The normalized spacial score (nSPS) is 12.4. The molecule has 2 aliphatic rings. The van der Waals surface area contributed by atoms with Gasteiger partial charge in [-0.05, 0) is 130 Å². The van der Waals surface area contributed by atoms with Gasteiger partial charge in [-0.1, -0.05) is 233 Å². The third kappa shape index (κ3) is 9.29. The predicted octanol–water partition coefficient (Wildman–Crippen LogP) is 19.4. The fourth-order valence-electron chi connectivity index (χ4n) is 14.0. The maximum atomic E-state index is 5.79. The molecule has 3 aromatic heterocycles. The molecule has 7 nitrogen and oxygen atoms in total. The van der Waals surface area contributed by atoms with Crippen molar-refractivity contribution >= 4 is 79.0 Å². The summed E-state index contributed by atoms with van der Waals surface area (Å²) >= 11 is 0. The van der Waals surface area contributed by atoms with Crippen LogP contribution in [0.5, 0.6) is 0 Å². The van der Waals surface area contributed by atoms with Gasteiger partial charge in [0.05, 0.1) is 45.2 Å². The molecule has 0 saturated carbocycles. The third-order valence-electron chi connectivity index (χ3n) is 18.4. The van der Waals surface area contributed by atoms with Crippen molar-refractivity contribution in [3.05, 3.63) is 315 Å². The summed E-state index contributed by atoms with van der Waals surface area (Å²) in [5.74, 6) is 1.17. The van der Waals surface area contributed by atoms with Crippen molar-refractivity contribution in [3.63, 3.8) is 0 Å². The van der Waals surface area contributed by atoms with E-state index in [0.29, 0.717) is 11.6 Å². The minimum Gasteiger partial charge on any atom is -0.311 e. The second-order valence-corrected chi connectivity index (χ2v) is 25.0. The van der Waals surface area contributed by atoms with Gasteiger partial charge in [0.15, 0.2) is 11.6 Å². The lowest BCUT2D eigenvalue weighted by molar-refractivity contribution is 0.591. The van der Waals surface area contributed by atoms with Gasteiger partial charge >= 0.3 is 0 Å². The first kappa shape index (κ1) is 54.4. The molecule has 92 heavy (non-hydrogen) atoms. The number of nitrogens with zero attached hydrogens (tertiary/aromatic N) is 7. The summed E-state index contributed by atoms with van der Waals surface area (Å²) in [4.78, 5) is 27.2. The maximum absolute atomic E-state index is 5.79. The molecule has 5 heterocycles. The summed E-state index contributed by atoms with van der Waals surface area (Å²) in [6, 6.07) is 111. The highest BCUT2D eigenvalue weighted by atomic mass is 15.2. The number of benzene rings is 12. The van der Waals surface area contributed by atoms with Crippen LogP contribution in [0.2, 0.25) is 0 Å². The number of para-hydroxylation sites is 5. The number of rotatable bonds is 10. The van der Waals surface area contributed by atoms with Crippen molar-refractivity contribution in [3.8, 4) is 84.6 Å². The van der Waals surface area contributed by atoms with Crippen LogP contribution < -0.4 is 26.2 Å². The van der Waals surface area contributed by atoms with Crippen molar-refractivity contribution in [2.24, 2.45) is 0 Å². The van der Waals surface area contributed by atoms with E-state index in [1.807, 2.05) is 12.1 Å². The number of anilines is 6. The Balaban J connectivity index is 0.904. The van der Waals surface area contributed by atoms with Crippen LogP contribution in [0.25, 0.3) is 106 Å². The molecule has 434 valence electrons. The number of aromatic nitrogens is 5. The van der Waals surface area contributed by atoms with E-state index in [1.165, 1.54) is 38.4 Å². The standard InChI is InChI=1S/C84H60BN7/c1-84(2,3)61-45-48-75-66(52-61)65-38-19-22-41-74(65)92(75)76-47-44-60(82-86-70(55-26-9-4-10-27-55)53-71(87-82)56-28-11-5-12-29-56)51-67(76)83-88-72(57-30-13-6-14-31-57)54-73(89-83)59-33-25-32-58(50-59)64-46-49-79-80-81(64)91(63-36-17-8-18-37-63)78-43-24-21-40-69(78)85(80)68-39-20-23-42-77(68)90(79)62-34-15-7-16-35-62/h4-54H,1-3H3. The average molecular weight is 1180 g/mol. The zero-order valence-electron chi connectivity index (χ0n) is 51.2. The lowest BCUT2D eigenvalue weighted by atomic mass is 9.33. The lowest BCUT2D eigenvalue weighted by Crippen LogP contribution is -2.61. The Morgan fingerprint density at radius 3 is 1.39 bits per heavy atom. The Bertz CT molecular complexity index is 5270. The van der Waals surface area contributed by atoms with Crippen LogP contribution in [0.4, 0.5) is 34.1 Å². The van der Waals surface area contributed by atoms with Gasteiger partial charge < -0.3 is 14.4 Å². The largest absolute Gasteiger partial charge is 0.311 e. The second-order valence-electron chi connectivity index (χ2n) is 25.0. The molecule has 12 aromatic carbocycles. The van der Waals surface area contributed by atoms with Gasteiger partial charge in [-0.2, -0.15) is 0 Å². The Labute approximate surface area is 536 Å². The molecular weight excluding hydrogens is 1120 g/mol. The molecule has 0 fully saturated rings. The van der Waals surface area contributed by atoms with Crippen molar-refractivity contribution in [2.45, 2.75) is 26.2 Å². The maximum Gasteiger partial charge on any atom is 0.252 e. The zero-order valence-corrected chi connectivity index (χ0v) is 51.2. The predicted molar refractivity (Wildman–Crippen MR) is 383 cm³/mol. The van der Waals surface area contributed by atoms with Crippen molar-refractivity contribution in [2.75, 3.05) is 9.80 Å². The second kappa shape index (κ2) is 22.1. The molecule has 0 aliphatic carbocycles. The van der Waals surface area contributed by atoms with Crippen LogP contribution in [-0.2, 0) is 5.41 Å².